The van der Waals surface area contributed by atoms with Crippen LogP contribution in [0.25, 0.3) is 22.3 Å². The first-order valence-corrected chi connectivity index (χ1v) is 11.2. The lowest BCUT2D eigenvalue weighted by Crippen LogP contribution is -2.21. The Bertz CT molecular complexity index is 1550. The van der Waals surface area contributed by atoms with Gasteiger partial charge in [-0.1, -0.05) is 42.5 Å². The molecule has 5 rings (SSSR count). The minimum atomic E-state index is -5.08. The summed E-state index contributed by atoms with van der Waals surface area (Å²) in [5, 5.41) is 15.5. The first-order valence-electron chi connectivity index (χ1n) is 11.2. The Morgan fingerprint density at radius 2 is 1.74 bits per heavy atom. The molecule has 2 aromatic carbocycles. The average Bonchev–Trinajstić information content (AvgIpc) is 3.54. The number of nitrogens with one attached hydrogen (secondary N) is 2. The molecule has 3 heterocycles. The maximum absolute atomic E-state index is 12.4. The molecule has 0 aliphatic heterocycles. The van der Waals surface area contributed by atoms with Crippen molar-refractivity contribution in [2.24, 2.45) is 0 Å². The number of benzene rings is 2. The molecular formula is C26H21F3N6O3. The topological polar surface area (TPSA) is 126 Å². The fourth-order valence-electron chi connectivity index (χ4n) is 3.60. The van der Waals surface area contributed by atoms with Gasteiger partial charge in [-0.05, 0) is 29.3 Å². The van der Waals surface area contributed by atoms with Gasteiger partial charge in [-0.15, -0.1) is 0 Å². The monoisotopic (exact) mass is 522 g/mol. The molecule has 0 spiro atoms. The Balaban J connectivity index is 0.000000426. The molecule has 5 aromatic rings. The first kappa shape index (κ1) is 26.1. The molecular weight excluding hydrogens is 501 g/mol. The van der Waals surface area contributed by atoms with Gasteiger partial charge in [-0.2, -0.15) is 18.3 Å². The van der Waals surface area contributed by atoms with E-state index < -0.39 is 12.1 Å². The van der Waals surface area contributed by atoms with Crippen LogP contribution >= 0.6 is 0 Å². The number of alkyl halides is 3. The highest BCUT2D eigenvalue weighted by Crippen LogP contribution is 2.24. The van der Waals surface area contributed by atoms with Crippen LogP contribution < -0.4 is 5.32 Å². The van der Waals surface area contributed by atoms with Crippen LogP contribution in [-0.2, 0) is 22.6 Å². The minimum absolute atomic E-state index is 0.0380. The molecule has 3 aromatic heterocycles. The molecule has 12 heteroatoms. The number of aromatic amines is 1. The van der Waals surface area contributed by atoms with E-state index in [9.17, 15) is 18.0 Å². The third-order valence-electron chi connectivity index (χ3n) is 5.27. The molecule has 0 aliphatic carbocycles. The van der Waals surface area contributed by atoms with Crippen molar-refractivity contribution in [2.45, 2.75) is 19.1 Å². The molecule has 1 amide bonds. The molecule has 0 atom stereocenters. The van der Waals surface area contributed by atoms with Crippen LogP contribution in [0.15, 0.2) is 85.6 Å². The third kappa shape index (κ3) is 6.81. The van der Waals surface area contributed by atoms with Crippen LogP contribution in [0.4, 0.5) is 18.9 Å². The van der Waals surface area contributed by atoms with Gasteiger partial charge in [0.2, 0.25) is 5.91 Å². The zero-order valence-electron chi connectivity index (χ0n) is 19.7. The van der Waals surface area contributed by atoms with Crippen molar-refractivity contribution in [3.8, 4) is 11.3 Å². The standard InChI is InChI=1S/C24H20N6O.C2HF3O2/c31-22(12-17-5-2-1-3-6-17)29-20-8-4-7-18(11-20)14-30-15-19(13-28-30)23-21-9-10-25-24(21)27-16-26-23;3-2(4,5)1(6)7/h1-11,13,15-16H,12,14H2,(H,29,31)(H,25,26,27);(H,6,7). The third-order valence-corrected chi connectivity index (χ3v) is 5.27. The van der Waals surface area contributed by atoms with Crippen molar-refractivity contribution < 1.29 is 27.9 Å². The van der Waals surface area contributed by atoms with Crippen LogP contribution in [0.1, 0.15) is 11.1 Å². The van der Waals surface area contributed by atoms with Crippen molar-refractivity contribution in [2.75, 3.05) is 5.32 Å². The van der Waals surface area contributed by atoms with Crippen LogP contribution in [0.3, 0.4) is 0 Å². The number of aromatic nitrogens is 5. The predicted octanol–water partition coefficient (Wildman–Crippen LogP) is 4.68. The van der Waals surface area contributed by atoms with Gasteiger partial charge in [0.1, 0.15) is 12.0 Å². The number of carboxylic acid groups (broad SMARTS) is 1. The molecule has 9 nitrogen and oxygen atoms in total. The van der Waals surface area contributed by atoms with Crippen LogP contribution in [0.2, 0.25) is 0 Å². The van der Waals surface area contributed by atoms with Crippen molar-refractivity contribution in [1.82, 2.24) is 24.7 Å². The number of carbonyl (C=O) groups excluding carboxylic acids is 1. The molecule has 3 N–H and O–H groups in total. The summed E-state index contributed by atoms with van der Waals surface area (Å²) < 4.78 is 33.6. The zero-order valence-corrected chi connectivity index (χ0v) is 19.7. The zero-order chi connectivity index (χ0) is 27.1. The van der Waals surface area contributed by atoms with E-state index in [1.165, 1.54) is 0 Å². The van der Waals surface area contributed by atoms with E-state index in [0.29, 0.717) is 13.0 Å². The Morgan fingerprint density at radius 1 is 1.00 bits per heavy atom. The Hall–Kier alpha value is -5.00. The highest BCUT2D eigenvalue weighted by Gasteiger charge is 2.38. The molecule has 0 unspecified atom stereocenters. The predicted molar refractivity (Wildman–Crippen MR) is 133 cm³/mol. The second-order valence-corrected chi connectivity index (χ2v) is 8.10. The largest absolute Gasteiger partial charge is 0.490 e. The van der Waals surface area contributed by atoms with Gasteiger partial charge >= 0.3 is 12.1 Å². The Labute approximate surface area is 214 Å². The highest BCUT2D eigenvalue weighted by molar-refractivity contribution is 5.92. The quantitative estimate of drug-likeness (QED) is 0.297. The highest BCUT2D eigenvalue weighted by atomic mass is 19.4. The summed E-state index contributed by atoms with van der Waals surface area (Å²) in [5.74, 6) is -2.79. The number of hydrogen-bond acceptors (Lipinski definition) is 5. The molecule has 0 saturated carbocycles. The maximum Gasteiger partial charge on any atom is 0.490 e. The van der Waals surface area contributed by atoms with Gasteiger partial charge in [-0.25, -0.2) is 14.8 Å². The summed E-state index contributed by atoms with van der Waals surface area (Å²) in [7, 11) is 0. The number of hydrogen-bond donors (Lipinski definition) is 3. The van der Waals surface area contributed by atoms with E-state index in [2.05, 4.69) is 25.4 Å². The van der Waals surface area contributed by atoms with E-state index in [1.54, 1.807) is 12.5 Å². The maximum atomic E-state index is 12.4. The molecule has 0 saturated heterocycles. The van der Waals surface area contributed by atoms with Crippen LogP contribution in [-0.4, -0.2) is 47.9 Å². The summed E-state index contributed by atoms with van der Waals surface area (Å²) in [6.07, 6.45) is 2.44. The molecule has 0 radical (unpaired) electrons. The van der Waals surface area contributed by atoms with E-state index in [4.69, 9.17) is 9.90 Å². The lowest BCUT2D eigenvalue weighted by atomic mass is 10.1. The van der Waals surface area contributed by atoms with Gasteiger partial charge in [0.05, 0.1) is 24.9 Å². The van der Waals surface area contributed by atoms with Crippen molar-refractivity contribution in [1.29, 1.82) is 0 Å². The number of H-pyrrole nitrogens is 1. The average molecular weight is 522 g/mol. The summed E-state index contributed by atoms with van der Waals surface area (Å²) >= 11 is 0. The van der Waals surface area contributed by atoms with E-state index in [0.717, 1.165) is 39.1 Å². The number of amides is 1. The molecule has 0 bridgehead atoms. The summed E-state index contributed by atoms with van der Waals surface area (Å²) in [6.45, 7) is 0.587. The number of aliphatic carboxylic acids is 1. The number of rotatable bonds is 6. The number of halogens is 3. The summed E-state index contributed by atoms with van der Waals surface area (Å²) in [4.78, 5) is 33.0. The SMILES string of the molecule is O=C(Cc1ccccc1)Nc1cccc(Cn2cc(-c3ncnc4[nH]ccc34)cn2)c1.O=C(O)C(F)(F)F. The smallest absolute Gasteiger partial charge is 0.475 e. The van der Waals surface area contributed by atoms with Gasteiger partial charge in [0.25, 0.3) is 0 Å². The lowest BCUT2D eigenvalue weighted by molar-refractivity contribution is -0.192. The first-order chi connectivity index (χ1) is 18.2. The lowest BCUT2D eigenvalue weighted by Gasteiger charge is -2.08. The van der Waals surface area contributed by atoms with E-state index in [1.807, 2.05) is 77.7 Å². The number of carboxylic acids is 1. The fraction of sp³-hybridized carbons (Fsp3) is 0.115. The van der Waals surface area contributed by atoms with Crippen LogP contribution in [0.5, 0.6) is 0 Å². The molecule has 38 heavy (non-hydrogen) atoms. The van der Waals surface area contributed by atoms with Crippen LogP contribution in [0, 0.1) is 0 Å². The van der Waals surface area contributed by atoms with E-state index in [-0.39, 0.29) is 5.91 Å². The molecule has 194 valence electrons. The van der Waals surface area contributed by atoms with Gasteiger partial charge < -0.3 is 15.4 Å². The number of anilines is 1. The van der Waals surface area contributed by atoms with E-state index >= 15 is 0 Å². The summed E-state index contributed by atoms with van der Waals surface area (Å²) in [6, 6.07) is 19.5. The van der Waals surface area contributed by atoms with Crippen molar-refractivity contribution >= 4 is 28.6 Å². The Morgan fingerprint density at radius 3 is 2.47 bits per heavy atom. The molecule has 0 aliphatic rings. The normalized spacial score (nSPS) is 11.0. The number of nitrogens with zero attached hydrogens (tertiary/aromatic N) is 4. The minimum Gasteiger partial charge on any atom is -0.475 e. The van der Waals surface area contributed by atoms with Gasteiger partial charge in [0, 0.05) is 29.0 Å². The fourth-order valence-corrected chi connectivity index (χ4v) is 3.60. The second-order valence-electron chi connectivity index (χ2n) is 8.10. The molecule has 0 fully saturated rings. The summed E-state index contributed by atoms with van der Waals surface area (Å²) in [5.41, 5.74) is 5.38. The second kappa shape index (κ2) is 11.4. The Kier molecular flexibility index (Phi) is 7.80. The number of fused-ring (bicyclic) bond motifs is 1. The van der Waals surface area contributed by atoms with Crippen molar-refractivity contribution in [3.05, 3.63) is 96.7 Å². The number of carbonyl (C=O) groups is 2. The van der Waals surface area contributed by atoms with Crippen molar-refractivity contribution in [3.63, 3.8) is 0 Å². The van der Waals surface area contributed by atoms with Gasteiger partial charge in [0.15, 0.2) is 0 Å². The van der Waals surface area contributed by atoms with Gasteiger partial charge in [-0.3, -0.25) is 9.48 Å².